The Balaban J connectivity index is 1.80. The van der Waals surface area contributed by atoms with Crippen molar-refractivity contribution in [2.45, 2.75) is 32.2 Å². The number of nitrogens with one attached hydrogen (secondary N) is 1. The van der Waals surface area contributed by atoms with Gasteiger partial charge in [0.2, 0.25) is 0 Å². The molecule has 0 amide bonds. The van der Waals surface area contributed by atoms with Crippen LogP contribution >= 0.6 is 0 Å². The summed E-state index contributed by atoms with van der Waals surface area (Å²) in [6, 6.07) is 8.23. The van der Waals surface area contributed by atoms with Crippen molar-refractivity contribution in [2.24, 2.45) is 0 Å². The highest BCUT2D eigenvalue weighted by atomic mass is 16.5. The quantitative estimate of drug-likeness (QED) is 0.917. The van der Waals surface area contributed by atoms with E-state index in [1.807, 2.05) is 12.1 Å². The number of para-hydroxylation sites is 1. The summed E-state index contributed by atoms with van der Waals surface area (Å²) in [6.45, 7) is 4.72. The minimum Gasteiger partial charge on any atom is -0.492 e. The molecule has 2 aliphatic heterocycles. The first-order valence-electron chi connectivity index (χ1n) is 7.68. The summed E-state index contributed by atoms with van der Waals surface area (Å²) in [4.78, 5) is 9.73. The van der Waals surface area contributed by atoms with Gasteiger partial charge >= 0.3 is 0 Å². The normalized spacial score (nSPS) is 19.8. The van der Waals surface area contributed by atoms with Crippen molar-refractivity contribution in [3.8, 4) is 5.75 Å². The van der Waals surface area contributed by atoms with Gasteiger partial charge in [-0.3, -0.25) is 0 Å². The number of hydrogen-bond acceptors (Lipinski definition) is 4. The molecule has 0 radical (unpaired) electrons. The highest BCUT2D eigenvalue weighted by molar-refractivity contribution is 5.43. The largest absolute Gasteiger partial charge is 0.492 e. The third-order valence-corrected chi connectivity index (χ3v) is 4.38. The zero-order valence-electron chi connectivity index (χ0n) is 12.2. The van der Waals surface area contributed by atoms with Crippen molar-refractivity contribution in [1.29, 1.82) is 0 Å². The van der Waals surface area contributed by atoms with Crippen LogP contribution in [0.4, 0.5) is 0 Å². The summed E-state index contributed by atoms with van der Waals surface area (Å²) in [5.74, 6) is 2.08. The van der Waals surface area contributed by atoms with Crippen LogP contribution in [-0.2, 0) is 19.4 Å². The zero-order chi connectivity index (χ0) is 14.2. The Kier molecular flexibility index (Phi) is 3.11. The van der Waals surface area contributed by atoms with Crippen molar-refractivity contribution in [1.82, 2.24) is 15.3 Å². The fraction of sp³-hybridized carbons (Fsp3) is 0.412. The summed E-state index contributed by atoms with van der Waals surface area (Å²) in [5, 5.41) is 3.42. The lowest BCUT2D eigenvalue weighted by molar-refractivity contribution is 0.339. The maximum Gasteiger partial charge on any atom is 0.139 e. The molecule has 4 nitrogen and oxygen atoms in total. The van der Waals surface area contributed by atoms with Gasteiger partial charge in [-0.2, -0.15) is 0 Å². The second-order valence-electron chi connectivity index (χ2n) is 5.64. The summed E-state index contributed by atoms with van der Waals surface area (Å²) in [6.07, 6.45) is 1.95. The van der Waals surface area contributed by atoms with Gasteiger partial charge in [0.25, 0.3) is 0 Å². The fourth-order valence-corrected chi connectivity index (χ4v) is 3.26. The predicted octanol–water partition coefficient (Wildman–Crippen LogP) is 2.21. The maximum absolute atomic E-state index is 5.79. The number of fused-ring (bicyclic) bond motifs is 2. The Morgan fingerprint density at radius 1 is 1.29 bits per heavy atom. The molecule has 1 N–H and O–H groups in total. The van der Waals surface area contributed by atoms with Gasteiger partial charge in [0.15, 0.2) is 0 Å². The molecule has 2 aliphatic rings. The molecule has 3 heterocycles. The Bertz CT molecular complexity index is 666. The van der Waals surface area contributed by atoms with E-state index in [0.29, 0.717) is 6.61 Å². The first kappa shape index (κ1) is 12.8. The van der Waals surface area contributed by atoms with Gasteiger partial charge in [-0.05, 0) is 12.5 Å². The smallest absolute Gasteiger partial charge is 0.139 e. The van der Waals surface area contributed by atoms with Gasteiger partial charge in [0, 0.05) is 36.3 Å². The number of aryl methyl sites for hydroxylation is 1. The number of benzene rings is 1. The van der Waals surface area contributed by atoms with Crippen LogP contribution in [0.3, 0.4) is 0 Å². The van der Waals surface area contributed by atoms with Crippen molar-refractivity contribution < 1.29 is 4.74 Å². The van der Waals surface area contributed by atoms with Gasteiger partial charge in [0.1, 0.15) is 18.2 Å². The van der Waals surface area contributed by atoms with Crippen LogP contribution in [0, 0.1) is 0 Å². The summed E-state index contributed by atoms with van der Waals surface area (Å²) < 4.78 is 5.79. The maximum atomic E-state index is 5.79. The van der Waals surface area contributed by atoms with E-state index in [-0.39, 0.29) is 5.92 Å². The molecule has 108 valence electrons. The van der Waals surface area contributed by atoms with Gasteiger partial charge in [0.05, 0.1) is 11.6 Å². The molecule has 0 spiro atoms. The van der Waals surface area contributed by atoms with Gasteiger partial charge in [-0.25, -0.2) is 9.97 Å². The number of aromatic nitrogens is 2. The fourth-order valence-electron chi connectivity index (χ4n) is 3.26. The third kappa shape index (κ3) is 2.10. The van der Waals surface area contributed by atoms with Crippen LogP contribution in [-0.4, -0.2) is 23.1 Å². The van der Waals surface area contributed by atoms with E-state index in [0.717, 1.165) is 37.5 Å². The summed E-state index contributed by atoms with van der Waals surface area (Å²) in [5.41, 5.74) is 4.93. The SMILES string of the molecule is CCc1nc(C2COc3ccccc32)nc2c1CNCC2. The predicted molar refractivity (Wildman–Crippen MR) is 80.6 cm³/mol. The van der Waals surface area contributed by atoms with Crippen LogP contribution in [0.5, 0.6) is 5.75 Å². The molecular weight excluding hydrogens is 262 g/mol. The highest BCUT2D eigenvalue weighted by Gasteiger charge is 2.29. The van der Waals surface area contributed by atoms with E-state index in [2.05, 4.69) is 24.4 Å². The monoisotopic (exact) mass is 281 g/mol. The van der Waals surface area contributed by atoms with E-state index in [1.165, 1.54) is 22.5 Å². The number of hydrogen-bond donors (Lipinski definition) is 1. The molecule has 1 aromatic carbocycles. The molecule has 21 heavy (non-hydrogen) atoms. The lowest BCUT2D eigenvalue weighted by atomic mass is 9.98. The molecule has 2 aromatic rings. The van der Waals surface area contributed by atoms with Crippen LogP contribution < -0.4 is 10.1 Å². The van der Waals surface area contributed by atoms with E-state index in [9.17, 15) is 0 Å². The van der Waals surface area contributed by atoms with Crippen molar-refractivity contribution >= 4 is 0 Å². The second-order valence-corrected chi connectivity index (χ2v) is 5.64. The molecule has 4 rings (SSSR count). The molecule has 1 atom stereocenters. The van der Waals surface area contributed by atoms with E-state index in [1.54, 1.807) is 0 Å². The van der Waals surface area contributed by atoms with E-state index >= 15 is 0 Å². The van der Waals surface area contributed by atoms with Crippen LogP contribution in [0.1, 0.15) is 41.2 Å². The molecule has 0 fully saturated rings. The summed E-state index contributed by atoms with van der Waals surface area (Å²) >= 11 is 0. The molecule has 1 unspecified atom stereocenters. The Morgan fingerprint density at radius 2 is 2.19 bits per heavy atom. The number of ether oxygens (including phenoxy) is 1. The molecule has 4 heteroatoms. The zero-order valence-corrected chi connectivity index (χ0v) is 12.2. The van der Waals surface area contributed by atoms with Crippen LogP contribution in [0.25, 0.3) is 0 Å². The standard InChI is InChI=1S/C17H19N3O/c1-2-14-12-9-18-8-7-15(12)20-17(19-14)13-10-21-16-6-4-3-5-11(13)16/h3-6,13,18H,2,7-10H2,1H3. The van der Waals surface area contributed by atoms with Crippen molar-refractivity contribution in [2.75, 3.05) is 13.2 Å². The summed E-state index contributed by atoms with van der Waals surface area (Å²) in [7, 11) is 0. The van der Waals surface area contributed by atoms with Crippen molar-refractivity contribution in [3.63, 3.8) is 0 Å². The Labute approximate surface area is 124 Å². The lowest BCUT2D eigenvalue weighted by Crippen LogP contribution is -2.27. The topological polar surface area (TPSA) is 47.0 Å². The molecule has 0 saturated carbocycles. The molecule has 0 bridgehead atoms. The molecular formula is C17H19N3O. The average molecular weight is 281 g/mol. The van der Waals surface area contributed by atoms with Gasteiger partial charge < -0.3 is 10.1 Å². The lowest BCUT2D eigenvalue weighted by Gasteiger charge is -2.21. The highest BCUT2D eigenvalue weighted by Crippen LogP contribution is 2.37. The van der Waals surface area contributed by atoms with E-state index in [4.69, 9.17) is 14.7 Å². The van der Waals surface area contributed by atoms with Crippen molar-refractivity contribution in [3.05, 3.63) is 52.6 Å². The van der Waals surface area contributed by atoms with Gasteiger partial charge in [-0.1, -0.05) is 25.1 Å². The first-order chi connectivity index (χ1) is 10.4. The minimum atomic E-state index is 0.173. The second kappa shape index (κ2) is 5.11. The average Bonchev–Trinajstić information content (AvgIpc) is 2.98. The number of rotatable bonds is 2. The molecule has 0 aliphatic carbocycles. The van der Waals surface area contributed by atoms with Crippen LogP contribution in [0.15, 0.2) is 24.3 Å². The van der Waals surface area contributed by atoms with Gasteiger partial charge in [-0.15, -0.1) is 0 Å². The third-order valence-electron chi connectivity index (χ3n) is 4.38. The Hall–Kier alpha value is -1.94. The molecule has 0 saturated heterocycles. The van der Waals surface area contributed by atoms with Crippen LogP contribution in [0.2, 0.25) is 0 Å². The molecule has 1 aromatic heterocycles. The Morgan fingerprint density at radius 3 is 3.10 bits per heavy atom. The first-order valence-corrected chi connectivity index (χ1v) is 7.68. The number of nitrogens with zero attached hydrogens (tertiary/aromatic N) is 2. The minimum absolute atomic E-state index is 0.173. The van der Waals surface area contributed by atoms with E-state index < -0.39 is 0 Å².